The predicted molar refractivity (Wildman–Crippen MR) is 97.8 cm³/mol. The lowest BCUT2D eigenvalue weighted by Gasteiger charge is -2.12. The molecule has 0 saturated carbocycles. The third-order valence-electron chi connectivity index (χ3n) is 4.27. The van der Waals surface area contributed by atoms with Crippen molar-refractivity contribution in [3.63, 3.8) is 0 Å². The van der Waals surface area contributed by atoms with Crippen molar-refractivity contribution >= 4 is 17.5 Å². The van der Waals surface area contributed by atoms with E-state index in [1.807, 2.05) is 18.2 Å². The highest BCUT2D eigenvalue weighted by atomic mass is 16.5. The number of ether oxygens (including phenoxy) is 1. The van der Waals surface area contributed by atoms with Gasteiger partial charge in [-0.05, 0) is 36.6 Å². The smallest absolute Gasteiger partial charge is 0.252 e. The largest absolute Gasteiger partial charge is 0.380 e. The Labute approximate surface area is 151 Å². The molecule has 1 fully saturated rings. The summed E-state index contributed by atoms with van der Waals surface area (Å²) < 4.78 is 5.51. The summed E-state index contributed by atoms with van der Waals surface area (Å²) in [6.45, 7) is 1.75. The second-order valence-electron chi connectivity index (χ2n) is 6.18. The van der Waals surface area contributed by atoms with Gasteiger partial charge in [-0.2, -0.15) is 0 Å². The van der Waals surface area contributed by atoms with Gasteiger partial charge < -0.3 is 21.1 Å². The highest BCUT2D eigenvalue weighted by molar-refractivity contribution is 5.98. The molecule has 26 heavy (non-hydrogen) atoms. The highest BCUT2D eigenvalue weighted by Crippen LogP contribution is 2.15. The van der Waals surface area contributed by atoms with E-state index in [-0.39, 0.29) is 12.0 Å². The van der Waals surface area contributed by atoms with Crippen LogP contribution in [0.2, 0.25) is 0 Å². The lowest BCUT2D eigenvalue weighted by Crippen LogP contribution is -2.31. The van der Waals surface area contributed by atoms with E-state index in [1.54, 1.807) is 18.3 Å². The molecular formula is C19H22N4O3. The monoisotopic (exact) mass is 354 g/mol. The number of aromatic nitrogens is 1. The van der Waals surface area contributed by atoms with E-state index < -0.39 is 5.91 Å². The van der Waals surface area contributed by atoms with Gasteiger partial charge in [0, 0.05) is 37.7 Å². The van der Waals surface area contributed by atoms with Crippen molar-refractivity contribution in [2.24, 2.45) is 5.73 Å². The molecule has 1 aliphatic rings. The van der Waals surface area contributed by atoms with Gasteiger partial charge in [-0.25, -0.2) is 0 Å². The number of amides is 2. The summed E-state index contributed by atoms with van der Waals surface area (Å²) >= 11 is 0. The fourth-order valence-electron chi connectivity index (χ4n) is 2.88. The number of rotatable bonds is 7. The van der Waals surface area contributed by atoms with Gasteiger partial charge in [-0.15, -0.1) is 0 Å². The molecule has 2 amide bonds. The van der Waals surface area contributed by atoms with Crippen LogP contribution in [0.5, 0.6) is 0 Å². The normalized spacial score (nSPS) is 16.2. The van der Waals surface area contributed by atoms with Gasteiger partial charge >= 0.3 is 0 Å². The maximum absolute atomic E-state index is 12.3. The number of carbonyl (C=O) groups excluding carboxylic acids is 2. The second-order valence-corrected chi connectivity index (χ2v) is 6.18. The average Bonchev–Trinajstić information content (AvgIpc) is 3.18. The first-order valence-electron chi connectivity index (χ1n) is 8.60. The van der Waals surface area contributed by atoms with Crippen molar-refractivity contribution in [3.05, 3.63) is 59.4 Å². The molecule has 0 aliphatic carbocycles. The van der Waals surface area contributed by atoms with Crippen LogP contribution in [0.25, 0.3) is 0 Å². The molecule has 7 heteroatoms. The molecule has 3 rings (SSSR count). The average molecular weight is 354 g/mol. The van der Waals surface area contributed by atoms with Gasteiger partial charge in [-0.1, -0.05) is 12.1 Å². The number of benzene rings is 1. The third-order valence-corrected chi connectivity index (χ3v) is 4.27. The number of pyridine rings is 1. The Hall–Kier alpha value is -2.93. The van der Waals surface area contributed by atoms with Crippen LogP contribution in [-0.2, 0) is 11.3 Å². The van der Waals surface area contributed by atoms with Crippen LogP contribution in [0.1, 0.15) is 39.1 Å². The summed E-state index contributed by atoms with van der Waals surface area (Å²) in [7, 11) is 0. The quantitative estimate of drug-likeness (QED) is 0.702. The summed E-state index contributed by atoms with van der Waals surface area (Å²) in [4.78, 5) is 27.7. The van der Waals surface area contributed by atoms with Crippen LogP contribution in [0.15, 0.2) is 42.7 Å². The van der Waals surface area contributed by atoms with Crippen LogP contribution in [0.3, 0.4) is 0 Å². The Kier molecular flexibility index (Phi) is 5.80. The van der Waals surface area contributed by atoms with E-state index >= 15 is 0 Å². The summed E-state index contributed by atoms with van der Waals surface area (Å²) in [5, 5.41) is 6.07. The molecule has 1 aliphatic heterocycles. The van der Waals surface area contributed by atoms with Crippen molar-refractivity contribution in [2.45, 2.75) is 25.5 Å². The van der Waals surface area contributed by atoms with Gasteiger partial charge in [0.15, 0.2) is 0 Å². The fourth-order valence-corrected chi connectivity index (χ4v) is 2.88. The van der Waals surface area contributed by atoms with E-state index in [0.29, 0.717) is 29.9 Å². The second kappa shape index (κ2) is 8.44. The molecule has 1 saturated heterocycles. The number of hydrogen-bond donors (Lipinski definition) is 3. The van der Waals surface area contributed by atoms with Gasteiger partial charge in [0.2, 0.25) is 0 Å². The number of hydrogen-bond acceptors (Lipinski definition) is 5. The van der Waals surface area contributed by atoms with Crippen molar-refractivity contribution in [3.8, 4) is 0 Å². The topological polar surface area (TPSA) is 106 Å². The molecule has 4 N–H and O–H groups in total. The number of nitrogens with two attached hydrogens (primary N) is 1. The summed E-state index contributed by atoms with van der Waals surface area (Å²) in [5.74, 6) is -0.660. The number of anilines is 1. The highest BCUT2D eigenvalue weighted by Gasteiger charge is 2.16. The summed E-state index contributed by atoms with van der Waals surface area (Å²) in [5.41, 5.74) is 7.80. The van der Waals surface area contributed by atoms with Crippen LogP contribution in [-0.4, -0.2) is 36.1 Å². The van der Waals surface area contributed by atoms with Gasteiger partial charge in [0.25, 0.3) is 11.8 Å². The van der Waals surface area contributed by atoms with E-state index in [1.165, 1.54) is 6.20 Å². The molecular weight excluding hydrogens is 332 g/mol. The summed E-state index contributed by atoms with van der Waals surface area (Å²) in [6.07, 6.45) is 5.16. The Morgan fingerprint density at radius 2 is 2.19 bits per heavy atom. The van der Waals surface area contributed by atoms with E-state index in [0.717, 1.165) is 25.0 Å². The first-order chi connectivity index (χ1) is 12.6. The first-order valence-corrected chi connectivity index (χ1v) is 8.60. The van der Waals surface area contributed by atoms with Crippen LogP contribution < -0.4 is 16.4 Å². The molecule has 0 bridgehead atoms. The zero-order valence-corrected chi connectivity index (χ0v) is 14.4. The molecule has 2 aromatic rings. The minimum atomic E-state index is -0.539. The molecule has 0 radical (unpaired) electrons. The van der Waals surface area contributed by atoms with E-state index in [4.69, 9.17) is 10.5 Å². The maximum atomic E-state index is 12.3. The van der Waals surface area contributed by atoms with Gasteiger partial charge in [0.1, 0.15) is 0 Å². The van der Waals surface area contributed by atoms with Crippen LogP contribution in [0.4, 0.5) is 5.69 Å². The van der Waals surface area contributed by atoms with Crippen molar-refractivity contribution < 1.29 is 14.3 Å². The zero-order valence-electron chi connectivity index (χ0n) is 14.4. The Morgan fingerprint density at radius 1 is 1.31 bits per heavy atom. The lowest BCUT2D eigenvalue weighted by atomic mass is 10.1. The number of carbonyl (C=O) groups is 2. The molecule has 1 unspecified atom stereocenters. The fraction of sp³-hybridized carbons (Fsp3) is 0.316. The number of nitrogens with one attached hydrogen (secondary N) is 2. The van der Waals surface area contributed by atoms with E-state index in [2.05, 4.69) is 15.6 Å². The van der Waals surface area contributed by atoms with Crippen molar-refractivity contribution in [1.29, 1.82) is 0 Å². The molecule has 1 aromatic carbocycles. The lowest BCUT2D eigenvalue weighted by molar-refractivity contribution is 0.0857. The number of nitrogens with zero attached hydrogens (tertiary/aromatic N) is 1. The molecule has 7 nitrogen and oxygen atoms in total. The minimum absolute atomic E-state index is 0.114. The molecule has 1 atom stereocenters. The molecule has 1 aromatic heterocycles. The summed E-state index contributed by atoms with van der Waals surface area (Å²) in [6, 6.07) is 9.03. The SMILES string of the molecule is NC(=O)c1cnccc1NCc1cccc(C(=O)NCC2CCCO2)c1. The third kappa shape index (κ3) is 4.58. The Balaban J connectivity index is 1.60. The zero-order chi connectivity index (χ0) is 18.4. The molecule has 2 heterocycles. The van der Waals surface area contributed by atoms with Gasteiger partial charge in [0.05, 0.1) is 17.4 Å². The standard InChI is InChI=1S/C19H22N4O3/c20-18(24)16-12-21-7-6-17(16)22-10-13-3-1-4-14(9-13)19(25)23-11-15-5-2-8-26-15/h1,3-4,6-7,9,12,15H,2,5,8,10-11H2,(H2,20,24)(H,21,22)(H,23,25). The first kappa shape index (κ1) is 17.9. The van der Waals surface area contributed by atoms with E-state index in [9.17, 15) is 9.59 Å². The minimum Gasteiger partial charge on any atom is -0.380 e. The van der Waals surface area contributed by atoms with Crippen LogP contribution >= 0.6 is 0 Å². The van der Waals surface area contributed by atoms with Crippen molar-refractivity contribution in [1.82, 2.24) is 10.3 Å². The Morgan fingerprint density at radius 3 is 2.96 bits per heavy atom. The van der Waals surface area contributed by atoms with Crippen LogP contribution in [0, 0.1) is 0 Å². The number of primary amides is 1. The van der Waals surface area contributed by atoms with Crippen molar-refractivity contribution in [2.75, 3.05) is 18.5 Å². The maximum Gasteiger partial charge on any atom is 0.252 e. The Bertz CT molecular complexity index is 788. The van der Waals surface area contributed by atoms with Gasteiger partial charge in [-0.3, -0.25) is 14.6 Å². The molecule has 136 valence electrons. The molecule has 0 spiro atoms. The predicted octanol–water partition coefficient (Wildman–Crippen LogP) is 1.70.